The van der Waals surface area contributed by atoms with E-state index in [0.29, 0.717) is 11.8 Å². The molecular weight excluding hydrogens is 182 g/mol. The van der Waals surface area contributed by atoms with E-state index >= 15 is 0 Å². The monoisotopic (exact) mass is 197 g/mol. The number of aromatic nitrogens is 2. The molecule has 0 aliphatic rings. The molecule has 3 nitrogen and oxygen atoms in total. The highest BCUT2D eigenvalue weighted by Gasteiger charge is 2.06. The third kappa shape index (κ3) is 2.97. The van der Waals surface area contributed by atoms with E-state index in [-0.39, 0.29) is 0 Å². The van der Waals surface area contributed by atoms with Gasteiger partial charge in [0.05, 0.1) is 0 Å². The first-order valence-corrected chi connectivity index (χ1v) is 5.20. The van der Waals surface area contributed by atoms with Gasteiger partial charge >= 0.3 is 0 Å². The van der Waals surface area contributed by atoms with Crippen molar-refractivity contribution in [2.45, 2.75) is 37.6 Å². The van der Waals surface area contributed by atoms with Gasteiger partial charge in [-0.25, -0.2) is 9.97 Å². The van der Waals surface area contributed by atoms with Crippen molar-refractivity contribution in [3.63, 3.8) is 0 Å². The molecule has 72 valence electrons. The summed E-state index contributed by atoms with van der Waals surface area (Å²) in [4.78, 5) is 8.47. The van der Waals surface area contributed by atoms with Crippen molar-refractivity contribution in [3.8, 4) is 0 Å². The van der Waals surface area contributed by atoms with Crippen LogP contribution in [0.4, 0.5) is 0 Å². The Morgan fingerprint density at radius 2 is 2.23 bits per heavy atom. The second-order valence-electron chi connectivity index (χ2n) is 3.12. The number of thioether (sulfide) groups is 1. The van der Waals surface area contributed by atoms with E-state index in [9.17, 15) is 0 Å². The number of hydrogen-bond donors (Lipinski definition) is 1. The number of rotatable bonds is 3. The summed E-state index contributed by atoms with van der Waals surface area (Å²) in [6, 6.07) is 0. The zero-order chi connectivity index (χ0) is 9.84. The predicted octanol–water partition coefficient (Wildman–Crippen LogP) is 1.74. The maximum atomic E-state index is 5.58. The van der Waals surface area contributed by atoms with E-state index in [0.717, 1.165) is 16.4 Å². The fourth-order valence-corrected chi connectivity index (χ4v) is 1.86. The van der Waals surface area contributed by atoms with Crippen molar-refractivity contribution in [2.75, 3.05) is 0 Å². The van der Waals surface area contributed by atoms with Crippen molar-refractivity contribution < 1.29 is 0 Å². The van der Waals surface area contributed by atoms with Crippen molar-refractivity contribution in [1.29, 1.82) is 0 Å². The Bertz CT molecular complexity index is 286. The van der Waals surface area contributed by atoms with E-state index < -0.39 is 0 Å². The first-order valence-electron chi connectivity index (χ1n) is 4.32. The van der Waals surface area contributed by atoms with E-state index in [1.807, 2.05) is 13.1 Å². The Labute approximate surface area is 83.2 Å². The Morgan fingerprint density at radius 1 is 1.54 bits per heavy atom. The summed E-state index contributed by atoms with van der Waals surface area (Å²) in [5, 5.41) is 1.55. The highest BCUT2D eigenvalue weighted by molar-refractivity contribution is 7.99. The lowest BCUT2D eigenvalue weighted by atomic mass is 10.3. The lowest BCUT2D eigenvalue weighted by molar-refractivity contribution is 0.881. The maximum absolute atomic E-state index is 5.58. The summed E-state index contributed by atoms with van der Waals surface area (Å²) >= 11 is 1.73. The summed E-state index contributed by atoms with van der Waals surface area (Å²) < 4.78 is 0. The standard InChI is InChI=1S/C9H15N3S/c1-6(2)13-9-8(4-10)5-11-7(3)12-9/h5-6H,4,10H2,1-3H3. The van der Waals surface area contributed by atoms with Crippen LogP contribution in [0, 0.1) is 6.92 Å². The van der Waals surface area contributed by atoms with E-state index in [1.165, 1.54) is 0 Å². The molecule has 0 saturated carbocycles. The van der Waals surface area contributed by atoms with Crippen LogP contribution in [0.25, 0.3) is 0 Å². The molecule has 0 amide bonds. The van der Waals surface area contributed by atoms with Crippen LogP contribution in [-0.2, 0) is 6.54 Å². The van der Waals surface area contributed by atoms with Crippen molar-refractivity contribution >= 4 is 11.8 Å². The molecule has 0 bridgehead atoms. The minimum Gasteiger partial charge on any atom is -0.326 e. The molecule has 1 aromatic heterocycles. The lowest BCUT2D eigenvalue weighted by Gasteiger charge is -2.08. The van der Waals surface area contributed by atoms with E-state index in [4.69, 9.17) is 5.73 Å². The Balaban J connectivity index is 2.94. The van der Waals surface area contributed by atoms with Gasteiger partial charge in [-0.05, 0) is 6.92 Å². The van der Waals surface area contributed by atoms with E-state index in [2.05, 4.69) is 23.8 Å². The van der Waals surface area contributed by atoms with Crippen LogP contribution in [0.5, 0.6) is 0 Å². The normalized spacial score (nSPS) is 10.8. The summed E-state index contributed by atoms with van der Waals surface area (Å²) in [5.74, 6) is 0.806. The Hall–Kier alpha value is -0.610. The fraction of sp³-hybridized carbons (Fsp3) is 0.556. The smallest absolute Gasteiger partial charge is 0.126 e. The van der Waals surface area contributed by atoms with Crippen molar-refractivity contribution in [3.05, 3.63) is 17.6 Å². The molecule has 0 aromatic carbocycles. The molecule has 0 fully saturated rings. The van der Waals surface area contributed by atoms with Gasteiger partial charge < -0.3 is 5.73 Å². The average molecular weight is 197 g/mol. The molecule has 0 spiro atoms. The molecule has 0 aliphatic heterocycles. The second kappa shape index (κ2) is 4.58. The van der Waals surface area contributed by atoms with Crippen LogP contribution in [0.3, 0.4) is 0 Å². The van der Waals surface area contributed by atoms with Crippen LogP contribution in [-0.4, -0.2) is 15.2 Å². The summed E-state index contributed by atoms with van der Waals surface area (Å²) in [6.45, 7) is 6.69. The molecule has 0 unspecified atom stereocenters. The Morgan fingerprint density at radius 3 is 2.77 bits per heavy atom. The molecule has 0 aliphatic carbocycles. The average Bonchev–Trinajstić information content (AvgIpc) is 2.03. The third-order valence-electron chi connectivity index (χ3n) is 1.51. The van der Waals surface area contributed by atoms with Crippen LogP contribution in [0.1, 0.15) is 25.2 Å². The van der Waals surface area contributed by atoms with Gasteiger partial charge in [-0.2, -0.15) is 0 Å². The number of hydrogen-bond acceptors (Lipinski definition) is 4. The molecule has 2 N–H and O–H groups in total. The first kappa shape index (κ1) is 10.5. The van der Waals surface area contributed by atoms with Gasteiger partial charge in [-0.15, -0.1) is 11.8 Å². The minimum atomic E-state index is 0.509. The van der Waals surface area contributed by atoms with Crippen LogP contribution in [0.15, 0.2) is 11.2 Å². The molecule has 1 rings (SSSR count). The lowest BCUT2D eigenvalue weighted by Crippen LogP contribution is -2.04. The molecule has 0 atom stereocenters. The van der Waals surface area contributed by atoms with Gasteiger partial charge in [0, 0.05) is 23.6 Å². The van der Waals surface area contributed by atoms with Gasteiger partial charge in [0.25, 0.3) is 0 Å². The fourth-order valence-electron chi connectivity index (χ4n) is 0.939. The number of nitrogens with two attached hydrogens (primary N) is 1. The Kier molecular flexibility index (Phi) is 3.69. The zero-order valence-electron chi connectivity index (χ0n) is 8.24. The number of aryl methyl sites for hydroxylation is 1. The molecule has 1 heterocycles. The summed E-state index contributed by atoms with van der Waals surface area (Å²) in [5.41, 5.74) is 6.61. The molecule has 13 heavy (non-hydrogen) atoms. The largest absolute Gasteiger partial charge is 0.326 e. The van der Waals surface area contributed by atoms with Crippen LogP contribution >= 0.6 is 11.8 Å². The second-order valence-corrected chi connectivity index (χ2v) is 4.68. The third-order valence-corrected chi connectivity index (χ3v) is 2.56. The van der Waals surface area contributed by atoms with Crippen molar-refractivity contribution in [1.82, 2.24) is 9.97 Å². The molecule has 0 saturated heterocycles. The maximum Gasteiger partial charge on any atom is 0.126 e. The number of nitrogens with zero attached hydrogens (tertiary/aromatic N) is 2. The molecule has 0 radical (unpaired) electrons. The summed E-state index contributed by atoms with van der Waals surface area (Å²) in [6.07, 6.45) is 1.81. The topological polar surface area (TPSA) is 51.8 Å². The molecule has 1 aromatic rings. The van der Waals surface area contributed by atoms with Gasteiger partial charge in [-0.3, -0.25) is 0 Å². The predicted molar refractivity (Wildman–Crippen MR) is 55.7 cm³/mol. The minimum absolute atomic E-state index is 0.509. The highest BCUT2D eigenvalue weighted by atomic mass is 32.2. The summed E-state index contributed by atoms with van der Waals surface area (Å²) in [7, 11) is 0. The quantitative estimate of drug-likeness (QED) is 0.592. The van der Waals surface area contributed by atoms with E-state index in [1.54, 1.807) is 11.8 Å². The SMILES string of the molecule is Cc1ncc(CN)c(SC(C)C)n1. The molecule has 4 heteroatoms. The zero-order valence-corrected chi connectivity index (χ0v) is 9.06. The van der Waals surface area contributed by atoms with Crippen LogP contribution < -0.4 is 5.73 Å². The van der Waals surface area contributed by atoms with Crippen molar-refractivity contribution in [2.24, 2.45) is 5.73 Å². The van der Waals surface area contributed by atoms with Gasteiger partial charge in [-0.1, -0.05) is 13.8 Å². The molecular formula is C9H15N3S. The van der Waals surface area contributed by atoms with Gasteiger partial charge in [0.1, 0.15) is 10.9 Å². The highest BCUT2D eigenvalue weighted by Crippen LogP contribution is 2.23. The van der Waals surface area contributed by atoms with Gasteiger partial charge in [0.2, 0.25) is 0 Å². The van der Waals surface area contributed by atoms with Crippen LogP contribution in [0.2, 0.25) is 0 Å². The first-order chi connectivity index (χ1) is 6.13. The van der Waals surface area contributed by atoms with Gasteiger partial charge in [0.15, 0.2) is 0 Å².